The number of hydroxylamine groups is 4. The summed E-state index contributed by atoms with van der Waals surface area (Å²) in [6.45, 7) is 0.714. The molecule has 4 aromatic carbocycles. The molecule has 2 bridgehead atoms. The number of rotatable bonds is 4. The Morgan fingerprint density at radius 1 is 0.543 bits per heavy atom. The molecule has 0 radical (unpaired) electrons. The predicted octanol–water partition coefficient (Wildman–Crippen LogP) is 5.47. The number of hydrogen-bond donors (Lipinski definition) is 1. The van der Waals surface area contributed by atoms with Crippen molar-refractivity contribution in [2.75, 3.05) is 13.1 Å². The van der Waals surface area contributed by atoms with Crippen LogP contribution >= 0.6 is 7.82 Å². The highest BCUT2D eigenvalue weighted by molar-refractivity contribution is 7.47. The van der Waals surface area contributed by atoms with Crippen LogP contribution in [0.2, 0.25) is 0 Å². The number of piperazine rings is 1. The summed E-state index contributed by atoms with van der Waals surface area (Å²) in [4.78, 5) is 10.8. The Morgan fingerprint density at radius 3 is 1.06 bits per heavy atom. The summed E-state index contributed by atoms with van der Waals surface area (Å²) in [5.41, 5.74) is 1.49. The van der Waals surface area contributed by atoms with E-state index in [0.29, 0.717) is 13.1 Å². The number of nitrogens with zero attached hydrogens (tertiary/aromatic N) is 2. The third-order valence-electron chi connectivity index (χ3n) is 6.95. The Kier molecular flexibility index (Phi) is 5.46. The maximum absolute atomic E-state index is 13.2. The third-order valence-corrected chi connectivity index (χ3v) is 7.75. The van der Waals surface area contributed by atoms with E-state index in [1.807, 2.05) is 121 Å². The van der Waals surface area contributed by atoms with Crippen molar-refractivity contribution in [3.8, 4) is 0 Å². The van der Waals surface area contributed by atoms with E-state index in [0.717, 1.165) is 22.3 Å². The Hall–Kier alpha value is -3.09. The van der Waals surface area contributed by atoms with Crippen LogP contribution in [0.4, 0.5) is 0 Å². The molecule has 3 heterocycles. The van der Waals surface area contributed by atoms with Gasteiger partial charge in [0.15, 0.2) is 0 Å². The minimum absolute atomic E-state index is 0.357. The molecule has 2 atom stereocenters. The van der Waals surface area contributed by atoms with Crippen LogP contribution in [0.5, 0.6) is 0 Å². The average Bonchev–Trinajstić information content (AvgIpc) is 3.12. The molecular formula is C28H25N2O4P. The van der Waals surface area contributed by atoms with Crippen molar-refractivity contribution in [3.05, 3.63) is 144 Å². The van der Waals surface area contributed by atoms with Crippen molar-refractivity contribution in [1.29, 1.82) is 0 Å². The van der Waals surface area contributed by atoms with Crippen LogP contribution in [0.15, 0.2) is 121 Å². The van der Waals surface area contributed by atoms with Crippen molar-refractivity contribution in [1.82, 2.24) is 10.1 Å². The molecule has 176 valence electrons. The normalized spacial score (nSPS) is 26.7. The van der Waals surface area contributed by atoms with Crippen LogP contribution in [0, 0.1) is 0 Å². The van der Waals surface area contributed by atoms with E-state index < -0.39 is 18.9 Å². The molecule has 6 nitrogen and oxygen atoms in total. The highest BCUT2D eigenvalue weighted by Gasteiger charge is 2.69. The van der Waals surface area contributed by atoms with Gasteiger partial charge in [-0.3, -0.25) is 0 Å². The second kappa shape index (κ2) is 8.54. The van der Waals surface area contributed by atoms with Gasteiger partial charge in [0.2, 0.25) is 0 Å². The number of phosphoric acid groups is 1. The van der Waals surface area contributed by atoms with Crippen molar-refractivity contribution in [3.63, 3.8) is 0 Å². The average molecular weight is 484 g/mol. The molecule has 2 unspecified atom stereocenters. The summed E-state index contributed by atoms with van der Waals surface area (Å²) in [5.74, 6) is 0. The standard InChI is InChI=1S/C28H25N2O4P/c31-35(32)33-29-21-22-30(34-35)28(25-17-9-3-10-18-25,26-19-11-4-12-20-26)27(29,23-13-5-1-6-14-23)24-15-7-2-8-16-24/h1-20H,21-22H2,(H,31,32). The van der Waals surface area contributed by atoms with Crippen LogP contribution in [0.3, 0.4) is 0 Å². The lowest BCUT2D eigenvalue weighted by molar-refractivity contribution is -0.238. The second-order valence-corrected chi connectivity index (χ2v) is 9.98. The van der Waals surface area contributed by atoms with E-state index >= 15 is 0 Å². The van der Waals surface area contributed by atoms with Crippen molar-refractivity contribution in [2.24, 2.45) is 0 Å². The molecule has 35 heavy (non-hydrogen) atoms. The number of fused-ring (bicyclic) bond motifs is 4. The fourth-order valence-electron chi connectivity index (χ4n) is 5.81. The monoisotopic (exact) mass is 484 g/mol. The first-order valence-corrected chi connectivity index (χ1v) is 13.1. The lowest BCUT2D eigenvalue weighted by Gasteiger charge is -2.59. The summed E-state index contributed by atoms with van der Waals surface area (Å²) in [5, 5.41) is 3.34. The SMILES string of the molecule is O=P1(O)ON2CCN(O1)C(c1ccccc1)(c1ccccc1)C2(c1ccccc1)c1ccccc1. The van der Waals surface area contributed by atoms with Gasteiger partial charge in [-0.1, -0.05) is 121 Å². The van der Waals surface area contributed by atoms with Crippen LogP contribution in [-0.4, -0.2) is 28.1 Å². The zero-order valence-corrected chi connectivity index (χ0v) is 19.9. The van der Waals surface area contributed by atoms with Gasteiger partial charge in [-0.05, 0) is 22.3 Å². The molecular weight excluding hydrogens is 459 g/mol. The molecule has 0 spiro atoms. The van der Waals surface area contributed by atoms with Gasteiger partial charge in [-0.15, -0.1) is 0 Å². The van der Waals surface area contributed by atoms with Gasteiger partial charge in [0.05, 0.1) is 0 Å². The molecule has 0 saturated carbocycles. The Bertz CT molecular complexity index is 1170. The maximum atomic E-state index is 13.2. The molecule has 3 aliphatic heterocycles. The quantitative estimate of drug-likeness (QED) is 0.388. The van der Waals surface area contributed by atoms with Crippen LogP contribution in [-0.2, 0) is 24.9 Å². The van der Waals surface area contributed by atoms with Gasteiger partial charge in [0.25, 0.3) is 0 Å². The van der Waals surface area contributed by atoms with E-state index in [-0.39, 0.29) is 0 Å². The zero-order chi connectivity index (χ0) is 23.9. The van der Waals surface area contributed by atoms with Gasteiger partial charge in [-0.25, -0.2) is 4.57 Å². The number of benzene rings is 4. The van der Waals surface area contributed by atoms with Crippen LogP contribution in [0.25, 0.3) is 0 Å². The van der Waals surface area contributed by atoms with Crippen molar-refractivity contribution >= 4 is 7.82 Å². The van der Waals surface area contributed by atoms with Crippen LogP contribution < -0.4 is 0 Å². The van der Waals surface area contributed by atoms with Crippen LogP contribution in [0.1, 0.15) is 22.3 Å². The Labute approximate surface area is 204 Å². The topological polar surface area (TPSA) is 62.2 Å². The van der Waals surface area contributed by atoms with Crippen molar-refractivity contribution < 1.29 is 18.7 Å². The molecule has 7 rings (SSSR count). The fraction of sp³-hybridized carbons (Fsp3) is 0.143. The highest BCUT2D eigenvalue weighted by atomic mass is 31.2. The summed E-state index contributed by atoms with van der Waals surface area (Å²) < 4.78 is 25.0. The summed E-state index contributed by atoms with van der Waals surface area (Å²) in [7, 11) is -4.47. The van der Waals surface area contributed by atoms with E-state index in [1.54, 1.807) is 10.1 Å². The van der Waals surface area contributed by atoms with E-state index in [4.69, 9.17) is 9.25 Å². The molecule has 4 aromatic rings. The molecule has 3 fully saturated rings. The van der Waals surface area contributed by atoms with E-state index in [2.05, 4.69) is 0 Å². The summed E-state index contributed by atoms with van der Waals surface area (Å²) >= 11 is 0. The minimum atomic E-state index is -4.47. The largest absolute Gasteiger partial charge is 0.505 e. The van der Waals surface area contributed by atoms with Crippen molar-refractivity contribution in [2.45, 2.75) is 11.1 Å². The predicted molar refractivity (Wildman–Crippen MR) is 133 cm³/mol. The second-order valence-electron chi connectivity index (χ2n) is 8.72. The van der Waals surface area contributed by atoms with Gasteiger partial charge in [0, 0.05) is 13.1 Å². The first kappa shape index (κ1) is 22.4. The van der Waals surface area contributed by atoms with Gasteiger partial charge in [0.1, 0.15) is 11.1 Å². The van der Waals surface area contributed by atoms with E-state index in [1.165, 1.54) is 0 Å². The van der Waals surface area contributed by atoms with Gasteiger partial charge >= 0.3 is 7.82 Å². The Balaban J connectivity index is 1.85. The smallest absolute Gasteiger partial charge is 0.300 e. The third kappa shape index (κ3) is 3.27. The van der Waals surface area contributed by atoms with Gasteiger partial charge in [-0.2, -0.15) is 19.4 Å². The maximum Gasteiger partial charge on any atom is 0.505 e. The van der Waals surface area contributed by atoms with E-state index in [9.17, 15) is 9.46 Å². The van der Waals surface area contributed by atoms with Gasteiger partial charge < -0.3 is 4.89 Å². The molecule has 0 aliphatic carbocycles. The molecule has 0 aromatic heterocycles. The molecule has 1 N–H and O–H groups in total. The molecule has 7 heteroatoms. The molecule has 3 saturated heterocycles. The minimum Gasteiger partial charge on any atom is -0.300 e. The molecule has 0 amide bonds. The Morgan fingerprint density at radius 2 is 0.800 bits per heavy atom. The first-order chi connectivity index (χ1) is 17.1. The lowest BCUT2D eigenvalue weighted by atomic mass is 9.60. The highest BCUT2D eigenvalue weighted by Crippen LogP contribution is 2.65. The fourth-order valence-corrected chi connectivity index (χ4v) is 6.74. The zero-order valence-electron chi connectivity index (χ0n) is 19.0. The first-order valence-electron chi connectivity index (χ1n) is 11.6. The lowest BCUT2D eigenvalue weighted by Crippen LogP contribution is -2.70. The summed E-state index contributed by atoms with van der Waals surface area (Å²) in [6, 6.07) is 40.1. The number of hydrogen-bond acceptors (Lipinski definition) is 5. The molecule has 3 aliphatic rings. The summed E-state index contributed by atoms with van der Waals surface area (Å²) in [6.07, 6.45) is 0.